The van der Waals surface area contributed by atoms with E-state index in [9.17, 15) is 4.79 Å². The molecule has 2 rings (SSSR count). The monoisotopic (exact) mass is 273 g/mol. The topological polar surface area (TPSA) is 63.1 Å². The summed E-state index contributed by atoms with van der Waals surface area (Å²) in [6.07, 6.45) is 7.10. The fourth-order valence-electron chi connectivity index (χ4n) is 1.91. The van der Waals surface area contributed by atoms with Gasteiger partial charge in [-0.2, -0.15) is 0 Å². The van der Waals surface area contributed by atoms with Crippen LogP contribution in [0.4, 0.5) is 5.69 Å². The lowest BCUT2D eigenvalue weighted by atomic mass is 10.2. The van der Waals surface area contributed by atoms with Crippen molar-refractivity contribution in [3.05, 3.63) is 42.7 Å². The number of hydrogen-bond acceptors (Lipinski definition) is 4. The minimum absolute atomic E-state index is 0.101. The highest BCUT2D eigenvalue weighted by molar-refractivity contribution is 5.92. The first-order chi connectivity index (χ1) is 9.56. The van der Waals surface area contributed by atoms with Gasteiger partial charge in [-0.15, -0.1) is 0 Å². The third-order valence-corrected chi connectivity index (χ3v) is 2.84. The molecule has 1 N–H and O–H groups in total. The molecule has 0 aliphatic rings. The number of carbonyl (C=O) groups excluding carboxylic acids is 1. The molecule has 1 atom stereocenters. The first-order valence-electron chi connectivity index (χ1n) is 6.46. The number of rotatable bonds is 5. The van der Waals surface area contributed by atoms with Crippen molar-refractivity contribution in [3.8, 4) is 0 Å². The molecule has 0 spiro atoms. The van der Waals surface area contributed by atoms with Crippen LogP contribution in [0.15, 0.2) is 37.1 Å². The molecule has 2 aromatic rings. The summed E-state index contributed by atoms with van der Waals surface area (Å²) < 4.78 is 2.00. The molecule has 6 heteroatoms. The van der Waals surface area contributed by atoms with E-state index in [2.05, 4.69) is 22.2 Å². The Bertz CT molecular complexity index is 565. The van der Waals surface area contributed by atoms with Crippen LogP contribution >= 0.6 is 0 Å². The number of nitrogens with zero attached hydrogens (tertiary/aromatic N) is 4. The van der Waals surface area contributed by atoms with Crippen LogP contribution in [0.1, 0.15) is 17.4 Å². The molecule has 0 bridgehead atoms. The zero-order valence-electron chi connectivity index (χ0n) is 11.9. The molecule has 6 nitrogen and oxygen atoms in total. The summed E-state index contributed by atoms with van der Waals surface area (Å²) in [5.74, 6) is -0.101. The SMILES string of the molecule is CC(Cn1ccnc1)Nc1ccnc(C(=O)N(C)C)c1. The average molecular weight is 273 g/mol. The molecule has 0 radical (unpaired) electrons. The van der Waals surface area contributed by atoms with Gasteiger partial charge in [-0.3, -0.25) is 9.78 Å². The number of hydrogen-bond donors (Lipinski definition) is 1. The molecule has 0 aliphatic heterocycles. The number of pyridine rings is 1. The fourth-order valence-corrected chi connectivity index (χ4v) is 1.91. The van der Waals surface area contributed by atoms with Gasteiger partial charge in [-0.25, -0.2) is 4.98 Å². The Labute approximate surface area is 118 Å². The van der Waals surface area contributed by atoms with Crippen LogP contribution in [0.5, 0.6) is 0 Å². The van der Waals surface area contributed by atoms with Gasteiger partial charge < -0.3 is 14.8 Å². The van der Waals surface area contributed by atoms with Gasteiger partial charge in [0.05, 0.1) is 6.33 Å². The minimum Gasteiger partial charge on any atom is -0.381 e. The van der Waals surface area contributed by atoms with Crippen molar-refractivity contribution in [1.82, 2.24) is 19.4 Å². The lowest BCUT2D eigenvalue weighted by Crippen LogP contribution is -2.24. The van der Waals surface area contributed by atoms with Gasteiger partial charge in [-0.1, -0.05) is 0 Å². The normalized spacial score (nSPS) is 11.9. The molecular weight excluding hydrogens is 254 g/mol. The molecule has 0 saturated carbocycles. The molecular formula is C14H19N5O. The van der Waals surface area contributed by atoms with Gasteiger partial charge in [0.2, 0.25) is 0 Å². The standard InChI is InChI=1S/C14H19N5O/c1-11(9-19-7-6-15-10-19)17-12-4-5-16-13(8-12)14(20)18(2)3/h4-8,10-11H,9H2,1-3H3,(H,16,17). The van der Waals surface area contributed by atoms with Crippen LogP contribution in [-0.2, 0) is 6.54 Å². The van der Waals surface area contributed by atoms with E-state index in [1.165, 1.54) is 4.90 Å². The second-order valence-corrected chi connectivity index (χ2v) is 4.93. The van der Waals surface area contributed by atoms with E-state index in [1.54, 1.807) is 38.9 Å². The second-order valence-electron chi connectivity index (χ2n) is 4.93. The Kier molecular flexibility index (Phi) is 4.34. The van der Waals surface area contributed by atoms with Crippen molar-refractivity contribution >= 4 is 11.6 Å². The van der Waals surface area contributed by atoms with Gasteiger partial charge in [0, 0.05) is 51.0 Å². The first-order valence-corrected chi connectivity index (χ1v) is 6.46. The maximum atomic E-state index is 11.9. The highest BCUT2D eigenvalue weighted by Gasteiger charge is 2.11. The molecule has 1 unspecified atom stereocenters. The second kappa shape index (κ2) is 6.18. The van der Waals surface area contributed by atoms with Gasteiger partial charge in [0.1, 0.15) is 5.69 Å². The van der Waals surface area contributed by atoms with E-state index in [1.807, 2.05) is 16.8 Å². The summed E-state index contributed by atoms with van der Waals surface area (Å²) >= 11 is 0. The molecule has 0 fully saturated rings. The predicted octanol–water partition coefficient (Wildman–Crippen LogP) is 1.48. The summed E-state index contributed by atoms with van der Waals surface area (Å²) in [5.41, 5.74) is 1.33. The van der Waals surface area contributed by atoms with Crippen LogP contribution in [0.2, 0.25) is 0 Å². The maximum Gasteiger partial charge on any atom is 0.272 e. The van der Waals surface area contributed by atoms with E-state index >= 15 is 0 Å². The van der Waals surface area contributed by atoms with Crippen LogP contribution in [-0.4, -0.2) is 45.5 Å². The number of imidazole rings is 1. The zero-order chi connectivity index (χ0) is 14.5. The smallest absolute Gasteiger partial charge is 0.272 e. The Hall–Kier alpha value is -2.37. The Morgan fingerprint density at radius 2 is 2.25 bits per heavy atom. The first kappa shape index (κ1) is 14.0. The third-order valence-electron chi connectivity index (χ3n) is 2.84. The van der Waals surface area contributed by atoms with Crippen molar-refractivity contribution in [3.63, 3.8) is 0 Å². The molecule has 0 aromatic carbocycles. The summed E-state index contributed by atoms with van der Waals surface area (Å²) in [4.78, 5) is 21.5. The van der Waals surface area contributed by atoms with E-state index < -0.39 is 0 Å². The molecule has 0 saturated heterocycles. The summed E-state index contributed by atoms with van der Waals surface area (Å²) in [6, 6.07) is 3.85. The van der Waals surface area contributed by atoms with Gasteiger partial charge >= 0.3 is 0 Å². The lowest BCUT2D eigenvalue weighted by molar-refractivity contribution is 0.0822. The fraction of sp³-hybridized carbons (Fsp3) is 0.357. The molecule has 2 heterocycles. The molecule has 20 heavy (non-hydrogen) atoms. The van der Waals surface area contributed by atoms with Crippen molar-refractivity contribution in [2.45, 2.75) is 19.5 Å². The summed E-state index contributed by atoms with van der Waals surface area (Å²) in [6.45, 7) is 2.88. The van der Waals surface area contributed by atoms with E-state index in [-0.39, 0.29) is 11.9 Å². The van der Waals surface area contributed by atoms with E-state index in [4.69, 9.17) is 0 Å². The average Bonchev–Trinajstić information content (AvgIpc) is 2.90. The summed E-state index contributed by atoms with van der Waals surface area (Å²) in [5, 5.41) is 3.35. The molecule has 2 aromatic heterocycles. The van der Waals surface area contributed by atoms with Gasteiger partial charge in [0.25, 0.3) is 5.91 Å². The number of anilines is 1. The Morgan fingerprint density at radius 3 is 2.90 bits per heavy atom. The number of aromatic nitrogens is 3. The van der Waals surface area contributed by atoms with Crippen LogP contribution in [0.3, 0.4) is 0 Å². The number of carbonyl (C=O) groups is 1. The number of amides is 1. The van der Waals surface area contributed by atoms with Gasteiger partial charge in [0.15, 0.2) is 0 Å². The minimum atomic E-state index is -0.101. The lowest BCUT2D eigenvalue weighted by Gasteiger charge is -2.16. The summed E-state index contributed by atoms with van der Waals surface area (Å²) in [7, 11) is 3.43. The van der Waals surface area contributed by atoms with Crippen LogP contribution < -0.4 is 5.32 Å². The highest BCUT2D eigenvalue weighted by atomic mass is 16.2. The van der Waals surface area contributed by atoms with Crippen molar-refractivity contribution in [1.29, 1.82) is 0 Å². The largest absolute Gasteiger partial charge is 0.381 e. The highest BCUT2D eigenvalue weighted by Crippen LogP contribution is 2.11. The quantitative estimate of drug-likeness (QED) is 0.896. The molecule has 0 aliphatic carbocycles. The Morgan fingerprint density at radius 1 is 1.45 bits per heavy atom. The Balaban J connectivity index is 2.02. The number of nitrogens with one attached hydrogen (secondary N) is 1. The van der Waals surface area contributed by atoms with Crippen molar-refractivity contribution in [2.24, 2.45) is 0 Å². The van der Waals surface area contributed by atoms with Crippen molar-refractivity contribution in [2.75, 3.05) is 19.4 Å². The predicted molar refractivity (Wildman–Crippen MR) is 77.6 cm³/mol. The van der Waals surface area contributed by atoms with E-state index in [0.29, 0.717) is 5.69 Å². The van der Waals surface area contributed by atoms with Crippen LogP contribution in [0.25, 0.3) is 0 Å². The van der Waals surface area contributed by atoms with Gasteiger partial charge in [-0.05, 0) is 19.1 Å². The van der Waals surface area contributed by atoms with E-state index in [0.717, 1.165) is 12.2 Å². The van der Waals surface area contributed by atoms with Crippen LogP contribution in [0, 0.1) is 0 Å². The maximum absolute atomic E-state index is 11.9. The molecule has 106 valence electrons. The van der Waals surface area contributed by atoms with Crippen molar-refractivity contribution < 1.29 is 4.79 Å². The molecule has 1 amide bonds. The zero-order valence-corrected chi connectivity index (χ0v) is 11.9. The third kappa shape index (κ3) is 3.57.